The zero-order valence-electron chi connectivity index (χ0n) is 11.2. The lowest BCUT2D eigenvalue weighted by atomic mass is 10.2. The average Bonchev–Trinajstić information content (AvgIpc) is 2.47. The second-order valence-corrected chi connectivity index (χ2v) is 5.84. The first-order valence-electron chi connectivity index (χ1n) is 5.95. The number of hydrogen-bond donors (Lipinski definition) is 0. The van der Waals surface area contributed by atoms with Gasteiger partial charge in [0.15, 0.2) is 11.4 Å². The van der Waals surface area contributed by atoms with Crippen molar-refractivity contribution in [3.8, 4) is 0 Å². The molecule has 98 valence electrons. The van der Waals surface area contributed by atoms with Crippen molar-refractivity contribution in [3.05, 3.63) is 70.4 Å². The quantitative estimate of drug-likeness (QED) is 0.740. The summed E-state index contributed by atoms with van der Waals surface area (Å²) in [6, 6.07) is 10.4. The first-order valence-corrected chi connectivity index (χ1v) is 7.10. The van der Waals surface area contributed by atoms with E-state index in [9.17, 15) is 4.21 Å². The molecule has 0 amide bonds. The Bertz CT molecular complexity index is 782. The largest absolute Gasteiger partial charge is 0.249 e. The predicted molar refractivity (Wildman–Crippen MR) is 79.6 cm³/mol. The minimum Gasteiger partial charge on any atom is -0.249 e. The van der Waals surface area contributed by atoms with Gasteiger partial charge in [0.05, 0.1) is 23.9 Å². The van der Waals surface area contributed by atoms with Crippen LogP contribution in [0.25, 0.3) is 9.69 Å². The first-order chi connectivity index (χ1) is 9.56. The summed E-state index contributed by atoms with van der Waals surface area (Å²) in [5.41, 5.74) is 2.75. The van der Waals surface area contributed by atoms with E-state index >= 15 is 0 Å². The minimum absolute atomic E-state index is 0.520. The molecule has 2 aromatic rings. The van der Waals surface area contributed by atoms with Gasteiger partial charge >= 0.3 is 0 Å². The second-order valence-electron chi connectivity index (χ2n) is 4.39. The average molecular weight is 280 g/mol. The van der Waals surface area contributed by atoms with Crippen molar-refractivity contribution in [1.82, 2.24) is 0 Å². The summed E-state index contributed by atoms with van der Waals surface area (Å²) in [6.07, 6.45) is 0. The summed E-state index contributed by atoms with van der Waals surface area (Å²) in [7, 11) is -1.33. The summed E-state index contributed by atoms with van der Waals surface area (Å²) in [5.74, 6) is 0. The number of aryl methyl sites for hydroxylation is 2. The summed E-state index contributed by atoms with van der Waals surface area (Å²) in [4.78, 5) is 8.08. The lowest BCUT2D eigenvalue weighted by molar-refractivity contribution is 0.682. The number of nitrogens with zero attached hydrogens (tertiary/aromatic N) is 2. The Balaban J connectivity index is 2.47. The van der Waals surface area contributed by atoms with Crippen LogP contribution in [0.4, 0.5) is 11.4 Å². The third kappa shape index (κ3) is 2.61. The highest BCUT2D eigenvalue weighted by atomic mass is 32.2. The lowest BCUT2D eigenvalue weighted by Crippen LogP contribution is -1.95. The third-order valence-corrected chi connectivity index (χ3v) is 4.54. The summed E-state index contributed by atoms with van der Waals surface area (Å²) in [5, 5.41) is 0. The molecule has 0 fully saturated rings. The van der Waals surface area contributed by atoms with E-state index < -0.39 is 10.8 Å². The zero-order valence-corrected chi connectivity index (χ0v) is 12.0. The van der Waals surface area contributed by atoms with Crippen LogP contribution in [0.3, 0.4) is 0 Å². The van der Waals surface area contributed by atoms with Crippen molar-refractivity contribution < 1.29 is 4.21 Å². The Morgan fingerprint density at radius 1 is 0.950 bits per heavy atom. The van der Waals surface area contributed by atoms with E-state index in [0.29, 0.717) is 21.2 Å². The van der Waals surface area contributed by atoms with E-state index in [-0.39, 0.29) is 0 Å². The predicted octanol–water partition coefficient (Wildman–Crippen LogP) is 4.57. The second kappa shape index (κ2) is 5.69. The Kier molecular flexibility index (Phi) is 3.98. The van der Waals surface area contributed by atoms with Gasteiger partial charge in [-0.2, -0.15) is 0 Å². The van der Waals surface area contributed by atoms with Gasteiger partial charge in [-0.05, 0) is 37.1 Å². The van der Waals surface area contributed by atoms with Crippen molar-refractivity contribution in [2.45, 2.75) is 23.6 Å². The fraction of sp³-hybridized carbons (Fsp3) is 0.125. The van der Waals surface area contributed by atoms with Crippen LogP contribution in [0.1, 0.15) is 11.1 Å². The summed E-state index contributed by atoms with van der Waals surface area (Å²) < 4.78 is 12.6. The molecule has 2 aromatic carbocycles. The molecule has 20 heavy (non-hydrogen) atoms. The van der Waals surface area contributed by atoms with Gasteiger partial charge in [-0.3, -0.25) is 0 Å². The van der Waals surface area contributed by atoms with E-state index in [1.165, 1.54) is 0 Å². The molecular weight excluding hydrogens is 268 g/mol. The molecule has 0 heterocycles. The molecular formula is C16H12N2OS. The molecule has 2 rings (SSSR count). The Labute approximate surface area is 121 Å². The van der Waals surface area contributed by atoms with Crippen molar-refractivity contribution in [2.24, 2.45) is 0 Å². The molecule has 1 atom stereocenters. The van der Waals surface area contributed by atoms with Gasteiger partial charge < -0.3 is 0 Å². The Hall–Kier alpha value is -2.43. The van der Waals surface area contributed by atoms with Crippen LogP contribution in [-0.4, -0.2) is 4.21 Å². The van der Waals surface area contributed by atoms with Gasteiger partial charge in [0.25, 0.3) is 0 Å². The minimum atomic E-state index is -1.33. The van der Waals surface area contributed by atoms with Crippen molar-refractivity contribution in [3.63, 3.8) is 0 Å². The SMILES string of the molecule is [C-]#[N+]c1ccc(S(=O)c2ccc(C)c([N+]#[C-])c2)c(C)c1. The van der Waals surface area contributed by atoms with Crippen LogP contribution < -0.4 is 0 Å². The van der Waals surface area contributed by atoms with Gasteiger partial charge in [0.2, 0.25) is 0 Å². The summed E-state index contributed by atoms with van der Waals surface area (Å²) in [6.45, 7) is 17.8. The van der Waals surface area contributed by atoms with E-state index in [4.69, 9.17) is 13.1 Å². The highest BCUT2D eigenvalue weighted by Crippen LogP contribution is 2.27. The van der Waals surface area contributed by atoms with Crippen LogP contribution >= 0.6 is 0 Å². The van der Waals surface area contributed by atoms with E-state index in [2.05, 4.69) is 9.69 Å². The molecule has 3 nitrogen and oxygen atoms in total. The zero-order chi connectivity index (χ0) is 14.7. The first kappa shape index (κ1) is 14.0. The number of benzene rings is 2. The molecule has 4 heteroatoms. The van der Waals surface area contributed by atoms with Crippen LogP contribution in [-0.2, 0) is 10.8 Å². The molecule has 0 aliphatic heterocycles. The van der Waals surface area contributed by atoms with E-state index in [1.54, 1.807) is 30.3 Å². The monoisotopic (exact) mass is 280 g/mol. The van der Waals surface area contributed by atoms with Gasteiger partial charge in [-0.1, -0.05) is 24.3 Å². The topological polar surface area (TPSA) is 25.8 Å². The van der Waals surface area contributed by atoms with E-state index in [0.717, 1.165) is 11.1 Å². The highest BCUT2D eigenvalue weighted by Gasteiger charge is 2.12. The molecule has 0 saturated heterocycles. The summed E-state index contributed by atoms with van der Waals surface area (Å²) >= 11 is 0. The maximum Gasteiger partial charge on any atom is 0.191 e. The molecule has 0 spiro atoms. The Morgan fingerprint density at radius 2 is 1.70 bits per heavy atom. The third-order valence-electron chi connectivity index (χ3n) is 3.00. The standard InChI is InChI=1S/C16H12N2OS/c1-11-5-7-14(10-15(11)18-4)20(19)16-8-6-13(17-3)9-12(16)2/h5-10H,1-2H3. The maximum absolute atomic E-state index is 12.6. The van der Waals surface area contributed by atoms with E-state index in [1.807, 2.05) is 19.9 Å². The van der Waals surface area contributed by atoms with Crippen LogP contribution in [0.2, 0.25) is 0 Å². The van der Waals surface area contributed by atoms with Gasteiger partial charge in [0, 0.05) is 9.79 Å². The van der Waals surface area contributed by atoms with Crippen LogP contribution in [0.5, 0.6) is 0 Å². The molecule has 0 saturated carbocycles. The number of hydrogen-bond acceptors (Lipinski definition) is 1. The fourth-order valence-corrected chi connectivity index (χ4v) is 3.07. The van der Waals surface area contributed by atoms with Crippen molar-refractivity contribution in [2.75, 3.05) is 0 Å². The smallest absolute Gasteiger partial charge is 0.191 e. The molecule has 0 bridgehead atoms. The fourth-order valence-electron chi connectivity index (χ4n) is 1.86. The van der Waals surface area contributed by atoms with Gasteiger partial charge in [-0.25, -0.2) is 13.9 Å². The molecule has 0 N–H and O–H groups in total. The van der Waals surface area contributed by atoms with Gasteiger partial charge in [-0.15, -0.1) is 0 Å². The van der Waals surface area contributed by atoms with Crippen molar-refractivity contribution in [1.29, 1.82) is 0 Å². The normalized spacial score (nSPS) is 11.4. The maximum atomic E-state index is 12.6. The number of rotatable bonds is 2. The van der Waals surface area contributed by atoms with Crippen LogP contribution in [0, 0.1) is 27.0 Å². The van der Waals surface area contributed by atoms with Crippen molar-refractivity contribution >= 4 is 22.2 Å². The van der Waals surface area contributed by atoms with Crippen LogP contribution in [0.15, 0.2) is 46.2 Å². The lowest BCUT2D eigenvalue weighted by Gasteiger charge is -2.08. The molecule has 0 radical (unpaired) electrons. The van der Waals surface area contributed by atoms with Gasteiger partial charge in [0.1, 0.15) is 0 Å². The Morgan fingerprint density at radius 3 is 2.30 bits per heavy atom. The molecule has 0 aliphatic rings. The molecule has 1 unspecified atom stereocenters. The molecule has 0 aliphatic carbocycles. The molecule has 0 aromatic heterocycles. The highest BCUT2D eigenvalue weighted by molar-refractivity contribution is 7.85.